The largest absolute Gasteiger partial charge is 0.481 e. The molecule has 1 unspecified atom stereocenters. The molecule has 0 heterocycles. The van der Waals surface area contributed by atoms with Crippen molar-refractivity contribution in [2.24, 2.45) is 5.92 Å². The number of aliphatic carboxylic acids is 1. The molecule has 0 aromatic carbocycles. The van der Waals surface area contributed by atoms with Gasteiger partial charge in [-0.2, -0.15) is 0 Å². The van der Waals surface area contributed by atoms with Crippen molar-refractivity contribution in [2.45, 2.75) is 33.1 Å². The zero-order valence-electron chi connectivity index (χ0n) is 10.3. The van der Waals surface area contributed by atoms with Gasteiger partial charge in [-0.1, -0.05) is 26.7 Å². The summed E-state index contributed by atoms with van der Waals surface area (Å²) >= 11 is 0. The second kappa shape index (κ2) is 7.96. The Morgan fingerprint density at radius 3 is 2.50 bits per heavy atom. The van der Waals surface area contributed by atoms with Crippen LogP contribution in [0.1, 0.15) is 33.1 Å². The van der Waals surface area contributed by atoms with Crippen molar-refractivity contribution in [1.29, 1.82) is 0 Å². The van der Waals surface area contributed by atoms with E-state index < -0.39 is 11.9 Å². The lowest BCUT2D eigenvalue weighted by molar-refractivity contribution is -0.141. The molecule has 0 bridgehead atoms. The molecular weight excluding hydrogens is 208 g/mol. The standard InChI is InChI=1S/C11H22N2O3/c1-4-5-6-7-12-11(16)13(3)8-9(2)10(14)15/h9H,4-8H2,1-3H3,(H,12,16)(H,14,15). The summed E-state index contributed by atoms with van der Waals surface area (Å²) in [6.07, 6.45) is 3.17. The number of urea groups is 1. The summed E-state index contributed by atoms with van der Waals surface area (Å²) in [4.78, 5) is 23.5. The molecule has 0 aromatic rings. The van der Waals surface area contributed by atoms with Gasteiger partial charge in [-0.25, -0.2) is 4.79 Å². The molecule has 0 aliphatic rings. The summed E-state index contributed by atoms with van der Waals surface area (Å²) in [5.74, 6) is -1.42. The van der Waals surface area contributed by atoms with E-state index in [0.717, 1.165) is 19.3 Å². The Morgan fingerprint density at radius 1 is 1.38 bits per heavy atom. The number of carbonyl (C=O) groups excluding carboxylic acids is 1. The predicted octanol–water partition coefficient (Wildman–Crippen LogP) is 1.54. The van der Waals surface area contributed by atoms with Crippen LogP contribution in [0.25, 0.3) is 0 Å². The molecule has 0 saturated heterocycles. The number of carboxylic acids is 1. The maximum atomic E-state index is 11.5. The van der Waals surface area contributed by atoms with Crippen molar-refractivity contribution >= 4 is 12.0 Å². The van der Waals surface area contributed by atoms with Gasteiger partial charge in [0.1, 0.15) is 0 Å². The Labute approximate surface area is 96.8 Å². The van der Waals surface area contributed by atoms with Crippen molar-refractivity contribution in [3.8, 4) is 0 Å². The molecule has 0 aliphatic carbocycles. The number of carbonyl (C=O) groups is 2. The summed E-state index contributed by atoms with van der Waals surface area (Å²) < 4.78 is 0. The minimum absolute atomic E-state index is 0.204. The Morgan fingerprint density at radius 2 is 2.00 bits per heavy atom. The van der Waals surface area contributed by atoms with Crippen LogP contribution in [0, 0.1) is 5.92 Å². The lowest BCUT2D eigenvalue weighted by Crippen LogP contribution is -2.41. The monoisotopic (exact) mass is 230 g/mol. The molecule has 0 aromatic heterocycles. The highest BCUT2D eigenvalue weighted by atomic mass is 16.4. The summed E-state index contributed by atoms with van der Waals surface area (Å²) in [6.45, 7) is 4.57. The number of hydrogen-bond acceptors (Lipinski definition) is 2. The van der Waals surface area contributed by atoms with E-state index in [4.69, 9.17) is 5.11 Å². The highest BCUT2D eigenvalue weighted by Crippen LogP contribution is 1.98. The van der Waals surface area contributed by atoms with Crippen LogP contribution in [0.5, 0.6) is 0 Å². The first kappa shape index (κ1) is 14.7. The minimum atomic E-state index is -0.884. The van der Waals surface area contributed by atoms with Gasteiger partial charge in [-0.05, 0) is 6.42 Å². The van der Waals surface area contributed by atoms with Gasteiger partial charge in [0, 0.05) is 20.1 Å². The molecule has 0 spiro atoms. The van der Waals surface area contributed by atoms with Crippen LogP contribution >= 0.6 is 0 Å². The second-order valence-electron chi connectivity index (χ2n) is 4.06. The quantitative estimate of drug-likeness (QED) is 0.652. The van der Waals surface area contributed by atoms with E-state index in [2.05, 4.69) is 12.2 Å². The number of rotatable bonds is 7. The second-order valence-corrected chi connectivity index (χ2v) is 4.06. The van der Waals surface area contributed by atoms with Crippen molar-refractivity contribution in [3.63, 3.8) is 0 Å². The van der Waals surface area contributed by atoms with E-state index in [-0.39, 0.29) is 12.6 Å². The first-order valence-electron chi connectivity index (χ1n) is 5.70. The number of nitrogens with zero attached hydrogens (tertiary/aromatic N) is 1. The minimum Gasteiger partial charge on any atom is -0.481 e. The van der Waals surface area contributed by atoms with Gasteiger partial charge < -0.3 is 15.3 Å². The lowest BCUT2D eigenvalue weighted by atomic mass is 10.2. The van der Waals surface area contributed by atoms with Crippen LogP contribution in [-0.2, 0) is 4.79 Å². The third-order valence-corrected chi connectivity index (χ3v) is 2.37. The first-order chi connectivity index (χ1) is 7.49. The van der Waals surface area contributed by atoms with Gasteiger partial charge in [0.25, 0.3) is 0 Å². The van der Waals surface area contributed by atoms with Crippen LogP contribution in [0.4, 0.5) is 4.79 Å². The summed E-state index contributed by atoms with van der Waals surface area (Å²) in [6, 6.07) is -0.204. The van der Waals surface area contributed by atoms with E-state index in [1.54, 1.807) is 14.0 Å². The highest BCUT2D eigenvalue weighted by molar-refractivity contribution is 5.75. The molecule has 2 N–H and O–H groups in total. The maximum absolute atomic E-state index is 11.5. The average Bonchev–Trinajstić information content (AvgIpc) is 2.23. The van der Waals surface area contributed by atoms with E-state index in [1.807, 2.05) is 0 Å². The SMILES string of the molecule is CCCCCNC(=O)N(C)CC(C)C(=O)O. The third kappa shape index (κ3) is 6.27. The van der Waals surface area contributed by atoms with E-state index in [0.29, 0.717) is 6.54 Å². The van der Waals surface area contributed by atoms with Crippen LogP contribution in [0.2, 0.25) is 0 Å². The fraction of sp³-hybridized carbons (Fsp3) is 0.818. The van der Waals surface area contributed by atoms with Crippen molar-refractivity contribution < 1.29 is 14.7 Å². The van der Waals surface area contributed by atoms with Gasteiger partial charge in [0.2, 0.25) is 0 Å². The van der Waals surface area contributed by atoms with Crippen molar-refractivity contribution in [2.75, 3.05) is 20.1 Å². The van der Waals surface area contributed by atoms with E-state index in [9.17, 15) is 9.59 Å². The predicted molar refractivity (Wildman–Crippen MR) is 62.4 cm³/mol. The molecule has 5 heteroatoms. The summed E-state index contributed by atoms with van der Waals surface area (Å²) in [7, 11) is 1.61. The smallest absolute Gasteiger partial charge is 0.317 e. The van der Waals surface area contributed by atoms with E-state index in [1.165, 1.54) is 4.90 Å². The normalized spacial score (nSPS) is 11.9. The van der Waals surface area contributed by atoms with Crippen LogP contribution in [-0.4, -0.2) is 42.1 Å². The molecule has 1 atom stereocenters. The zero-order chi connectivity index (χ0) is 12.6. The van der Waals surface area contributed by atoms with Crippen molar-refractivity contribution in [3.05, 3.63) is 0 Å². The average molecular weight is 230 g/mol. The number of hydrogen-bond donors (Lipinski definition) is 2. The van der Waals surface area contributed by atoms with Gasteiger partial charge in [-0.15, -0.1) is 0 Å². The molecule has 0 radical (unpaired) electrons. The van der Waals surface area contributed by atoms with Crippen LogP contribution in [0.3, 0.4) is 0 Å². The van der Waals surface area contributed by atoms with Crippen LogP contribution < -0.4 is 5.32 Å². The Hall–Kier alpha value is -1.26. The Kier molecular flexibility index (Phi) is 7.33. The summed E-state index contributed by atoms with van der Waals surface area (Å²) in [5, 5.41) is 11.5. The molecule has 94 valence electrons. The molecule has 0 fully saturated rings. The molecule has 0 rings (SSSR count). The summed E-state index contributed by atoms with van der Waals surface area (Å²) in [5.41, 5.74) is 0. The van der Waals surface area contributed by atoms with Crippen molar-refractivity contribution in [1.82, 2.24) is 10.2 Å². The number of amides is 2. The van der Waals surface area contributed by atoms with Gasteiger partial charge >= 0.3 is 12.0 Å². The highest BCUT2D eigenvalue weighted by Gasteiger charge is 2.16. The zero-order valence-corrected chi connectivity index (χ0v) is 10.3. The Bertz CT molecular complexity index is 231. The molecule has 0 aliphatic heterocycles. The van der Waals surface area contributed by atoms with E-state index >= 15 is 0 Å². The van der Waals surface area contributed by atoms with Gasteiger partial charge in [-0.3, -0.25) is 4.79 Å². The molecule has 2 amide bonds. The molecule has 5 nitrogen and oxygen atoms in total. The van der Waals surface area contributed by atoms with Crippen LogP contribution in [0.15, 0.2) is 0 Å². The molecule has 16 heavy (non-hydrogen) atoms. The molecular formula is C11H22N2O3. The topological polar surface area (TPSA) is 69.6 Å². The number of carboxylic acid groups (broad SMARTS) is 1. The van der Waals surface area contributed by atoms with Gasteiger partial charge in [0.05, 0.1) is 5.92 Å². The molecule has 0 saturated carbocycles. The number of unbranched alkanes of at least 4 members (excludes halogenated alkanes) is 2. The fourth-order valence-corrected chi connectivity index (χ4v) is 1.28. The van der Waals surface area contributed by atoms with Gasteiger partial charge in [0.15, 0.2) is 0 Å². The maximum Gasteiger partial charge on any atom is 0.317 e. The first-order valence-corrected chi connectivity index (χ1v) is 5.70. The number of nitrogens with one attached hydrogen (secondary N) is 1. The lowest BCUT2D eigenvalue weighted by Gasteiger charge is -2.19. The Balaban J connectivity index is 3.77. The third-order valence-electron chi connectivity index (χ3n) is 2.37. The fourth-order valence-electron chi connectivity index (χ4n) is 1.28.